The molecule has 3 unspecified atom stereocenters. The number of fused-ring (bicyclic) bond motifs is 3. The van der Waals surface area contributed by atoms with E-state index in [1.807, 2.05) is 0 Å². The first-order chi connectivity index (χ1) is 5.77. The van der Waals surface area contributed by atoms with Gasteiger partial charge >= 0.3 is 0 Å². The number of rotatable bonds is 0. The molecule has 0 bridgehead atoms. The molecule has 0 amide bonds. The number of hydrogen-bond acceptors (Lipinski definition) is 1. The second-order valence-corrected chi connectivity index (χ2v) is 4.86. The van der Waals surface area contributed by atoms with Gasteiger partial charge in [0.2, 0.25) is 0 Å². The van der Waals surface area contributed by atoms with Gasteiger partial charge in [0.25, 0.3) is 0 Å². The molecule has 4 atom stereocenters. The van der Waals surface area contributed by atoms with Crippen LogP contribution in [0.5, 0.6) is 0 Å². The highest BCUT2D eigenvalue weighted by Crippen LogP contribution is 2.60. The van der Waals surface area contributed by atoms with Crippen molar-refractivity contribution in [2.45, 2.75) is 25.9 Å². The van der Waals surface area contributed by atoms with Crippen LogP contribution in [0, 0.1) is 11.8 Å². The molecule has 2 aliphatic heterocycles. The van der Waals surface area contributed by atoms with E-state index in [2.05, 4.69) is 13.8 Å². The van der Waals surface area contributed by atoms with E-state index in [-0.39, 0.29) is 0 Å². The first-order valence-electron chi connectivity index (χ1n) is 5.21. The summed E-state index contributed by atoms with van der Waals surface area (Å²) < 4.78 is 6.86. The largest absolute Gasteiger partial charge is 0.370 e. The predicted molar refractivity (Wildman–Crippen MR) is 46.7 cm³/mol. The van der Waals surface area contributed by atoms with Gasteiger partial charge in [-0.2, -0.15) is 0 Å². The zero-order chi connectivity index (χ0) is 8.34. The maximum atomic E-state index is 5.42. The van der Waals surface area contributed by atoms with Gasteiger partial charge in [0, 0.05) is 11.8 Å². The fourth-order valence-electron chi connectivity index (χ4n) is 3.80. The molecule has 1 aliphatic carbocycles. The van der Waals surface area contributed by atoms with E-state index in [1.54, 1.807) is 0 Å². The van der Waals surface area contributed by atoms with Crippen LogP contribution in [-0.4, -0.2) is 42.9 Å². The molecule has 0 radical (unpaired) electrons. The molecule has 68 valence electrons. The molecule has 2 nitrogen and oxygen atoms in total. The second-order valence-electron chi connectivity index (χ2n) is 4.86. The highest BCUT2D eigenvalue weighted by atomic mass is 16.5. The Kier molecular flexibility index (Phi) is 1.25. The monoisotopic (exact) mass is 168 g/mol. The Balaban J connectivity index is 1.79. The normalized spacial score (nSPS) is 54.5. The molecular formula is C10H18NO+. The van der Waals surface area contributed by atoms with Crippen molar-refractivity contribution in [1.82, 2.24) is 0 Å². The molecule has 3 rings (SSSR count). The smallest absolute Gasteiger partial charge is 0.145 e. The molecule has 1 saturated carbocycles. The summed E-state index contributed by atoms with van der Waals surface area (Å²) in [5.74, 6) is 1.96. The summed E-state index contributed by atoms with van der Waals surface area (Å²) in [5, 5.41) is 0. The maximum absolute atomic E-state index is 5.42. The standard InChI is InChI=1S/C10H18NO/c1-7-8(2)10-9(7)11(10)3-5-12-6-4-11/h7-10H,3-6H2,1-2H3/q+1/t7-,8?,9?,10?/m0/s1. The van der Waals surface area contributed by atoms with Crippen LogP contribution in [0.2, 0.25) is 0 Å². The summed E-state index contributed by atoms with van der Waals surface area (Å²) >= 11 is 0. The van der Waals surface area contributed by atoms with E-state index in [1.165, 1.54) is 17.6 Å². The number of nitrogens with zero attached hydrogens (tertiary/aromatic N) is 1. The zero-order valence-electron chi connectivity index (χ0n) is 7.99. The van der Waals surface area contributed by atoms with Gasteiger partial charge in [0.15, 0.2) is 0 Å². The van der Waals surface area contributed by atoms with Crippen LogP contribution in [0.15, 0.2) is 0 Å². The van der Waals surface area contributed by atoms with Crippen molar-refractivity contribution < 1.29 is 9.22 Å². The average Bonchev–Trinajstić information content (AvgIpc) is 2.70. The fourth-order valence-corrected chi connectivity index (χ4v) is 3.80. The van der Waals surface area contributed by atoms with Crippen molar-refractivity contribution in [1.29, 1.82) is 0 Å². The first-order valence-corrected chi connectivity index (χ1v) is 5.21. The van der Waals surface area contributed by atoms with Crippen molar-refractivity contribution >= 4 is 0 Å². The molecule has 2 saturated heterocycles. The molecular weight excluding hydrogens is 150 g/mol. The van der Waals surface area contributed by atoms with Crippen molar-refractivity contribution in [3.8, 4) is 0 Å². The minimum absolute atomic E-state index is 0.980. The van der Waals surface area contributed by atoms with Gasteiger partial charge in [-0.1, -0.05) is 13.8 Å². The molecule has 1 spiro atoms. The van der Waals surface area contributed by atoms with Crippen molar-refractivity contribution in [2.75, 3.05) is 26.3 Å². The molecule has 12 heavy (non-hydrogen) atoms. The minimum Gasteiger partial charge on any atom is -0.370 e. The lowest BCUT2D eigenvalue weighted by Crippen LogP contribution is -2.40. The van der Waals surface area contributed by atoms with Crippen molar-refractivity contribution in [2.24, 2.45) is 11.8 Å². The molecule has 0 aromatic carbocycles. The van der Waals surface area contributed by atoms with Gasteiger partial charge < -0.3 is 9.22 Å². The second kappa shape index (κ2) is 2.05. The summed E-state index contributed by atoms with van der Waals surface area (Å²) in [6.45, 7) is 9.45. The van der Waals surface area contributed by atoms with E-state index in [9.17, 15) is 0 Å². The van der Waals surface area contributed by atoms with E-state index < -0.39 is 0 Å². The Morgan fingerprint density at radius 3 is 2.00 bits per heavy atom. The number of hydrogen-bond donors (Lipinski definition) is 0. The summed E-state index contributed by atoms with van der Waals surface area (Å²) in [4.78, 5) is 0. The SMILES string of the molecule is CC1C2C([C@H]1C)[N+]21CCOCC1. The summed E-state index contributed by atoms with van der Waals surface area (Å²) in [5.41, 5.74) is 0. The number of quaternary nitrogens is 1. The lowest BCUT2D eigenvalue weighted by Gasteiger charge is -2.24. The Morgan fingerprint density at radius 2 is 1.50 bits per heavy atom. The molecule has 0 N–H and O–H groups in total. The Morgan fingerprint density at radius 1 is 1.00 bits per heavy atom. The topological polar surface area (TPSA) is 9.23 Å². The van der Waals surface area contributed by atoms with Gasteiger partial charge in [-0.25, -0.2) is 0 Å². The van der Waals surface area contributed by atoms with E-state index >= 15 is 0 Å². The van der Waals surface area contributed by atoms with E-state index in [0.29, 0.717) is 0 Å². The van der Waals surface area contributed by atoms with Crippen molar-refractivity contribution in [3.05, 3.63) is 0 Å². The quantitative estimate of drug-likeness (QED) is 0.385. The average molecular weight is 168 g/mol. The summed E-state index contributed by atoms with van der Waals surface area (Å²) in [6, 6.07) is 2.06. The van der Waals surface area contributed by atoms with Gasteiger partial charge in [0.05, 0.1) is 13.2 Å². The van der Waals surface area contributed by atoms with Crippen LogP contribution >= 0.6 is 0 Å². The third kappa shape index (κ3) is 0.612. The van der Waals surface area contributed by atoms with Gasteiger partial charge in [-0.3, -0.25) is 0 Å². The lowest BCUT2D eigenvalue weighted by atomic mass is 9.77. The first kappa shape index (κ1) is 7.34. The Hall–Kier alpha value is -0.0800. The van der Waals surface area contributed by atoms with Crippen LogP contribution in [0.25, 0.3) is 0 Å². The van der Waals surface area contributed by atoms with Crippen LogP contribution in [-0.2, 0) is 4.74 Å². The maximum Gasteiger partial charge on any atom is 0.145 e. The minimum atomic E-state index is 0.980. The predicted octanol–water partition coefficient (Wildman–Crippen LogP) is 0.870. The number of ether oxygens (including phenoxy) is 1. The van der Waals surface area contributed by atoms with Crippen molar-refractivity contribution in [3.63, 3.8) is 0 Å². The van der Waals surface area contributed by atoms with Gasteiger partial charge in [0.1, 0.15) is 25.2 Å². The Bertz CT molecular complexity index is 194. The van der Waals surface area contributed by atoms with Crippen LogP contribution < -0.4 is 0 Å². The van der Waals surface area contributed by atoms with E-state index in [4.69, 9.17) is 4.74 Å². The highest BCUT2D eigenvalue weighted by molar-refractivity contribution is 5.08. The molecule has 3 fully saturated rings. The third-order valence-electron chi connectivity index (χ3n) is 4.66. The molecule has 3 aliphatic rings. The van der Waals surface area contributed by atoms with Crippen LogP contribution in [0.3, 0.4) is 0 Å². The number of morpholine rings is 1. The summed E-state index contributed by atoms with van der Waals surface area (Å²) in [6.07, 6.45) is 0. The lowest BCUT2D eigenvalue weighted by molar-refractivity contribution is -0.830. The highest BCUT2D eigenvalue weighted by Gasteiger charge is 2.78. The van der Waals surface area contributed by atoms with E-state index in [0.717, 1.165) is 37.1 Å². The molecule has 0 aromatic heterocycles. The van der Waals surface area contributed by atoms with Gasteiger partial charge in [-0.05, 0) is 0 Å². The fraction of sp³-hybridized carbons (Fsp3) is 1.00. The molecule has 2 heteroatoms. The summed E-state index contributed by atoms with van der Waals surface area (Å²) in [7, 11) is 0. The van der Waals surface area contributed by atoms with Crippen LogP contribution in [0.4, 0.5) is 0 Å². The Labute approximate surface area is 74.1 Å². The third-order valence-corrected chi connectivity index (χ3v) is 4.66. The molecule has 2 heterocycles. The van der Waals surface area contributed by atoms with Gasteiger partial charge in [-0.15, -0.1) is 0 Å². The van der Waals surface area contributed by atoms with Crippen LogP contribution in [0.1, 0.15) is 13.8 Å². The zero-order valence-corrected chi connectivity index (χ0v) is 7.99. The molecule has 0 aromatic rings.